The molecule has 2 aromatic rings. The van der Waals surface area contributed by atoms with E-state index in [9.17, 15) is 0 Å². The van der Waals surface area contributed by atoms with Gasteiger partial charge in [-0.2, -0.15) is 0 Å². The van der Waals surface area contributed by atoms with E-state index in [1.807, 2.05) is 30.3 Å². The molecule has 1 unspecified atom stereocenters. The van der Waals surface area contributed by atoms with Crippen molar-refractivity contribution in [1.29, 1.82) is 0 Å². The molecule has 0 fully saturated rings. The van der Waals surface area contributed by atoms with Crippen molar-refractivity contribution >= 4 is 39.1 Å². The minimum Gasteiger partial charge on any atom is -0.490 e. The van der Waals surface area contributed by atoms with Crippen molar-refractivity contribution in [2.24, 2.45) is 0 Å². The summed E-state index contributed by atoms with van der Waals surface area (Å²) in [5.74, 6) is 1.38. The molecule has 3 rings (SSSR count). The molecular weight excluding hydrogens is 375 g/mol. The molecule has 0 aliphatic carbocycles. The molecule has 0 amide bonds. The Balaban J connectivity index is 2.00. The fourth-order valence-electron chi connectivity index (χ4n) is 2.24. The SMILES string of the molecule is Clc1cc2c(cc1C(Cl)c1cccc(Br)c1)OCCCO2. The van der Waals surface area contributed by atoms with Crippen LogP contribution in [0.5, 0.6) is 11.5 Å². The Morgan fingerprint density at radius 1 is 1.05 bits per heavy atom. The molecule has 1 atom stereocenters. The van der Waals surface area contributed by atoms with E-state index in [4.69, 9.17) is 32.7 Å². The topological polar surface area (TPSA) is 18.5 Å². The normalized spacial score (nSPS) is 15.4. The van der Waals surface area contributed by atoms with E-state index in [-0.39, 0.29) is 5.38 Å². The van der Waals surface area contributed by atoms with Crippen molar-refractivity contribution in [2.45, 2.75) is 11.8 Å². The monoisotopic (exact) mass is 386 g/mol. The Morgan fingerprint density at radius 2 is 1.76 bits per heavy atom. The zero-order valence-electron chi connectivity index (χ0n) is 11.1. The maximum atomic E-state index is 6.59. The number of benzene rings is 2. The van der Waals surface area contributed by atoms with Crippen LogP contribution in [0.25, 0.3) is 0 Å². The number of alkyl halides is 1. The highest BCUT2D eigenvalue weighted by Gasteiger charge is 2.20. The summed E-state index contributed by atoms with van der Waals surface area (Å²) in [5, 5.41) is 0.242. The van der Waals surface area contributed by atoms with Crippen LogP contribution >= 0.6 is 39.1 Å². The fourth-order valence-corrected chi connectivity index (χ4v) is 3.29. The molecule has 5 heteroatoms. The van der Waals surface area contributed by atoms with Gasteiger partial charge in [0, 0.05) is 22.0 Å². The van der Waals surface area contributed by atoms with Crippen LogP contribution < -0.4 is 9.47 Å². The minimum absolute atomic E-state index is 0.341. The maximum Gasteiger partial charge on any atom is 0.162 e. The average Bonchev–Trinajstić information content (AvgIpc) is 2.70. The quantitative estimate of drug-likeness (QED) is 0.625. The third kappa shape index (κ3) is 3.31. The standard InChI is InChI=1S/C16H13BrCl2O2/c17-11-4-1-3-10(7-11)16(19)12-8-14-15(9-13(12)18)21-6-2-5-20-14/h1,3-4,7-9,16H,2,5-6H2. The Bertz CT molecular complexity index is 661. The molecule has 2 aromatic carbocycles. The van der Waals surface area contributed by atoms with Crippen molar-refractivity contribution in [2.75, 3.05) is 13.2 Å². The Morgan fingerprint density at radius 3 is 2.48 bits per heavy atom. The Kier molecular flexibility index (Phi) is 4.63. The number of hydrogen-bond donors (Lipinski definition) is 0. The molecule has 0 bridgehead atoms. The number of fused-ring (bicyclic) bond motifs is 1. The number of halogens is 3. The van der Waals surface area contributed by atoms with Gasteiger partial charge in [0.2, 0.25) is 0 Å². The highest BCUT2D eigenvalue weighted by Crippen LogP contribution is 2.41. The first-order valence-corrected chi connectivity index (χ1v) is 8.24. The first-order chi connectivity index (χ1) is 10.1. The highest BCUT2D eigenvalue weighted by molar-refractivity contribution is 9.10. The van der Waals surface area contributed by atoms with Gasteiger partial charge < -0.3 is 9.47 Å². The molecule has 0 radical (unpaired) electrons. The lowest BCUT2D eigenvalue weighted by atomic mass is 10.0. The number of hydrogen-bond acceptors (Lipinski definition) is 2. The second-order valence-corrected chi connectivity index (χ2v) is 6.55. The highest BCUT2D eigenvalue weighted by atomic mass is 79.9. The van der Waals surface area contributed by atoms with Crippen LogP contribution in [-0.4, -0.2) is 13.2 Å². The number of rotatable bonds is 2. The predicted octanol–water partition coefficient (Wildman–Crippen LogP) is 5.59. The van der Waals surface area contributed by atoms with E-state index >= 15 is 0 Å². The van der Waals surface area contributed by atoms with Crippen LogP contribution in [0.3, 0.4) is 0 Å². The van der Waals surface area contributed by atoms with E-state index in [0.29, 0.717) is 29.7 Å². The third-order valence-corrected chi connectivity index (χ3v) is 4.59. The van der Waals surface area contributed by atoms with Gasteiger partial charge in [0.05, 0.1) is 18.6 Å². The van der Waals surface area contributed by atoms with Crippen LogP contribution in [0.1, 0.15) is 22.9 Å². The zero-order valence-corrected chi connectivity index (χ0v) is 14.2. The molecule has 1 heterocycles. The first kappa shape index (κ1) is 15.0. The van der Waals surface area contributed by atoms with E-state index in [2.05, 4.69) is 15.9 Å². The van der Waals surface area contributed by atoms with Crippen LogP contribution in [0.2, 0.25) is 5.02 Å². The first-order valence-electron chi connectivity index (χ1n) is 6.64. The smallest absolute Gasteiger partial charge is 0.162 e. The molecule has 0 saturated carbocycles. The second-order valence-electron chi connectivity index (χ2n) is 4.79. The summed E-state index contributed by atoms with van der Waals surface area (Å²) in [6.45, 7) is 1.27. The molecule has 0 spiro atoms. The van der Waals surface area contributed by atoms with Crippen LogP contribution in [0, 0.1) is 0 Å². The van der Waals surface area contributed by atoms with Gasteiger partial charge in [-0.15, -0.1) is 11.6 Å². The van der Waals surface area contributed by atoms with Crippen molar-refractivity contribution in [3.8, 4) is 11.5 Å². The van der Waals surface area contributed by atoms with Gasteiger partial charge in [0.1, 0.15) is 0 Å². The summed E-state index contributed by atoms with van der Waals surface area (Å²) < 4.78 is 12.3. The van der Waals surface area contributed by atoms with Gasteiger partial charge in [-0.1, -0.05) is 39.7 Å². The lowest BCUT2D eigenvalue weighted by Gasteiger charge is -2.16. The van der Waals surface area contributed by atoms with Gasteiger partial charge in [0.15, 0.2) is 11.5 Å². The predicted molar refractivity (Wildman–Crippen MR) is 88.9 cm³/mol. The van der Waals surface area contributed by atoms with Crippen molar-refractivity contribution in [3.63, 3.8) is 0 Å². The molecular formula is C16H13BrCl2O2. The van der Waals surface area contributed by atoms with Crippen LogP contribution in [0.4, 0.5) is 0 Å². The Hall–Kier alpha value is -0.900. The van der Waals surface area contributed by atoms with Crippen molar-refractivity contribution < 1.29 is 9.47 Å². The van der Waals surface area contributed by atoms with Gasteiger partial charge >= 0.3 is 0 Å². The molecule has 0 aromatic heterocycles. The van der Waals surface area contributed by atoms with E-state index in [1.54, 1.807) is 6.07 Å². The van der Waals surface area contributed by atoms with E-state index < -0.39 is 0 Å². The lowest BCUT2D eigenvalue weighted by Crippen LogP contribution is -1.98. The third-order valence-electron chi connectivity index (χ3n) is 3.28. The molecule has 110 valence electrons. The molecule has 0 N–H and O–H groups in total. The summed E-state index contributed by atoms with van der Waals surface area (Å²) in [5.41, 5.74) is 1.79. The van der Waals surface area contributed by atoms with Crippen molar-refractivity contribution in [3.05, 3.63) is 57.0 Å². The maximum absolute atomic E-state index is 6.59. The fraction of sp³-hybridized carbons (Fsp3) is 0.250. The summed E-state index contributed by atoms with van der Waals surface area (Å²) in [6.07, 6.45) is 0.859. The summed E-state index contributed by atoms with van der Waals surface area (Å²) in [6, 6.07) is 11.5. The molecule has 2 nitrogen and oxygen atoms in total. The molecule has 21 heavy (non-hydrogen) atoms. The number of ether oxygens (including phenoxy) is 2. The molecule has 0 saturated heterocycles. The van der Waals surface area contributed by atoms with Crippen molar-refractivity contribution in [1.82, 2.24) is 0 Å². The zero-order chi connectivity index (χ0) is 14.8. The summed E-state index contributed by atoms with van der Waals surface area (Å²) >= 11 is 16.4. The van der Waals surface area contributed by atoms with Gasteiger partial charge in [-0.25, -0.2) is 0 Å². The summed E-state index contributed by atoms with van der Waals surface area (Å²) in [7, 11) is 0. The van der Waals surface area contributed by atoms with Gasteiger partial charge in [-0.05, 0) is 29.3 Å². The van der Waals surface area contributed by atoms with E-state index in [0.717, 1.165) is 22.0 Å². The summed E-state index contributed by atoms with van der Waals surface area (Å²) in [4.78, 5) is 0. The average molecular weight is 388 g/mol. The second kappa shape index (κ2) is 6.47. The van der Waals surface area contributed by atoms with Gasteiger partial charge in [0.25, 0.3) is 0 Å². The molecule has 1 aliphatic rings. The lowest BCUT2D eigenvalue weighted by molar-refractivity contribution is 0.297. The largest absolute Gasteiger partial charge is 0.490 e. The van der Waals surface area contributed by atoms with Crippen LogP contribution in [-0.2, 0) is 0 Å². The van der Waals surface area contributed by atoms with Gasteiger partial charge in [-0.3, -0.25) is 0 Å². The van der Waals surface area contributed by atoms with E-state index in [1.165, 1.54) is 0 Å². The molecule has 1 aliphatic heterocycles. The Labute approximate surface area is 142 Å². The van der Waals surface area contributed by atoms with Crippen LogP contribution in [0.15, 0.2) is 40.9 Å². The minimum atomic E-state index is -0.341.